The van der Waals surface area contributed by atoms with Crippen LogP contribution >= 0.6 is 23.1 Å². The van der Waals surface area contributed by atoms with Crippen molar-refractivity contribution in [2.45, 2.75) is 19.8 Å². The Kier molecular flexibility index (Phi) is 4.28. The lowest BCUT2D eigenvalue weighted by molar-refractivity contribution is 0.516. The van der Waals surface area contributed by atoms with Crippen LogP contribution in [-0.4, -0.2) is 28.0 Å². The minimum Gasteiger partial charge on any atom is -0.369 e. The van der Waals surface area contributed by atoms with Crippen LogP contribution in [0.5, 0.6) is 0 Å². The molecule has 108 valence electrons. The molecule has 0 atom stereocenters. The van der Waals surface area contributed by atoms with Gasteiger partial charge in [0.05, 0.1) is 5.39 Å². The number of anilines is 2. The molecule has 3 rings (SSSR count). The summed E-state index contributed by atoms with van der Waals surface area (Å²) >= 11 is 3.72. The Morgan fingerprint density at radius 3 is 2.90 bits per heavy atom. The zero-order chi connectivity index (χ0) is 13.9. The minimum atomic E-state index is 0.473. The van der Waals surface area contributed by atoms with E-state index in [0.717, 1.165) is 28.5 Å². The van der Waals surface area contributed by atoms with Crippen molar-refractivity contribution < 1.29 is 0 Å². The third kappa shape index (κ3) is 2.99. The third-order valence-electron chi connectivity index (χ3n) is 3.54. The van der Waals surface area contributed by atoms with Gasteiger partial charge in [-0.3, -0.25) is 5.43 Å². The quantitative estimate of drug-likeness (QED) is 0.595. The minimum absolute atomic E-state index is 0.473. The molecule has 1 aliphatic heterocycles. The van der Waals surface area contributed by atoms with Crippen molar-refractivity contribution in [3.63, 3.8) is 0 Å². The number of thiophene rings is 1. The summed E-state index contributed by atoms with van der Waals surface area (Å²) in [4.78, 5) is 11.1. The van der Waals surface area contributed by atoms with E-state index >= 15 is 0 Å². The van der Waals surface area contributed by atoms with Gasteiger partial charge in [0.1, 0.15) is 10.6 Å². The van der Waals surface area contributed by atoms with Gasteiger partial charge in [0.2, 0.25) is 5.95 Å². The topological polar surface area (TPSA) is 75.9 Å². The Labute approximate surface area is 126 Å². The van der Waals surface area contributed by atoms with Crippen molar-refractivity contribution in [1.29, 1.82) is 0 Å². The lowest BCUT2D eigenvalue weighted by Crippen LogP contribution is -2.20. The SMILES string of the molecule is Cc1cc2c(NCC3CCSCC3)nc(NN)nc2s1. The number of nitrogens with two attached hydrogens (primary N) is 1. The van der Waals surface area contributed by atoms with E-state index in [2.05, 4.69) is 45.5 Å². The molecule has 7 heteroatoms. The van der Waals surface area contributed by atoms with Crippen LogP contribution in [0.3, 0.4) is 0 Å². The van der Waals surface area contributed by atoms with E-state index in [1.807, 2.05) is 0 Å². The molecule has 0 saturated carbocycles. The normalized spacial score (nSPS) is 16.5. The molecular formula is C13H19N5S2. The van der Waals surface area contributed by atoms with Crippen LogP contribution in [0.15, 0.2) is 6.07 Å². The Balaban J connectivity index is 1.81. The first-order valence-electron chi connectivity index (χ1n) is 6.82. The Morgan fingerprint density at radius 1 is 1.35 bits per heavy atom. The molecule has 5 nitrogen and oxygen atoms in total. The van der Waals surface area contributed by atoms with Gasteiger partial charge in [-0.1, -0.05) is 0 Å². The Hall–Kier alpha value is -1.05. The predicted octanol–water partition coefficient (Wildman–Crippen LogP) is 2.84. The smallest absolute Gasteiger partial charge is 0.240 e. The lowest BCUT2D eigenvalue weighted by Gasteiger charge is -2.22. The van der Waals surface area contributed by atoms with Crippen molar-refractivity contribution in [2.75, 3.05) is 28.8 Å². The molecule has 0 amide bonds. The number of nitrogens with one attached hydrogen (secondary N) is 2. The van der Waals surface area contributed by atoms with Crippen LogP contribution in [0.4, 0.5) is 11.8 Å². The van der Waals surface area contributed by atoms with Gasteiger partial charge in [-0.05, 0) is 43.3 Å². The molecule has 0 radical (unpaired) electrons. The fourth-order valence-corrected chi connectivity index (χ4v) is 4.52. The highest BCUT2D eigenvalue weighted by Gasteiger charge is 2.15. The van der Waals surface area contributed by atoms with Gasteiger partial charge in [-0.2, -0.15) is 16.7 Å². The van der Waals surface area contributed by atoms with E-state index in [0.29, 0.717) is 5.95 Å². The zero-order valence-electron chi connectivity index (χ0n) is 11.5. The van der Waals surface area contributed by atoms with Crippen molar-refractivity contribution in [1.82, 2.24) is 9.97 Å². The molecule has 4 N–H and O–H groups in total. The van der Waals surface area contributed by atoms with Crippen LogP contribution < -0.4 is 16.6 Å². The molecule has 2 aromatic heterocycles. The maximum atomic E-state index is 5.45. The number of aryl methyl sites for hydroxylation is 1. The van der Waals surface area contributed by atoms with Crippen LogP contribution in [-0.2, 0) is 0 Å². The van der Waals surface area contributed by atoms with Crippen LogP contribution in [0, 0.1) is 12.8 Å². The number of aromatic nitrogens is 2. The number of rotatable bonds is 4. The molecule has 1 aliphatic rings. The standard InChI is InChI=1S/C13H19N5S2/c1-8-6-10-11(15-7-9-2-4-19-5-3-9)16-13(18-14)17-12(10)20-8/h6,9H,2-5,7,14H2,1H3,(H2,15,16,17,18). The molecule has 0 unspecified atom stereocenters. The van der Waals surface area contributed by atoms with Gasteiger partial charge in [-0.15, -0.1) is 11.3 Å². The molecule has 0 bridgehead atoms. The van der Waals surface area contributed by atoms with Crippen LogP contribution in [0.2, 0.25) is 0 Å². The molecule has 2 aromatic rings. The first-order valence-corrected chi connectivity index (χ1v) is 8.80. The maximum Gasteiger partial charge on any atom is 0.240 e. The summed E-state index contributed by atoms with van der Waals surface area (Å²) in [5.41, 5.74) is 2.55. The van der Waals surface area contributed by atoms with Crippen molar-refractivity contribution in [3.05, 3.63) is 10.9 Å². The monoisotopic (exact) mass is 309 g/mol. The highest BCUT2D eigenvalue weighted by atomic mass is 32.2. The van der Waals surface area contributed by atoms with Crippen molar-refractivity contribution in [2.24, 2.45) is 11.8 Å². The molecule has 0 aliphatic carbocycles. The maximum absolute atomic E-state index is 5.45. The van der Waals surface area contributed by atoms with Gasteiger partial charge < -0.3 is 5.32 Å². The van der Waals surface area contributed by atoms with E-state index in [-0.39, 0.29) is 0 Å². The highest BCUT2D eigenvalue weighted by Crippen LogP contribution is 2.30. The van der Waals surface area contributed by atoms with E-state index in [4.69, 9.17) is 5.84 Å². The number of thioether (sulfide) groups is 1. The molecule has 0 spiro atoms. The fourth-order valence-electron chi connectivity index (χ4n) is 2.43. The summed E-state index contributed by atoms with van der Waals surface area (Å²) in [6.07, 6.45) is 2.58. The van der Waals surface area contributed by atoms with Gasteiger partial charge >= 0.3 is 0 Å². The Bertz CT molecular complexity index is 592. The first kappa shape index (κ1) is 13.9. The summed E-state index contributed by atoms with van der Waals surface area (Å²) in [7, 11) is 0. The number of nitrogen functional groups attached to an aromatic ring is 1. The van der Waals surface area contributed by atoms with Crippen LogP contribution in [0.25, 0.3) is 10.2 Å². The largest absolute Gasteiger partial charge is 0.369 e. The molecule has 1 fully saturated rings. The average molecular weight is 309 g/mol. The fraction of sp³-hybridized carbons (Fsp3) is 0.538. The summed E-state index contributed by atoms with van der Waals surface area (Å²) in [6, 6.07) is 2.14. The highest BCUT2D eigenvalue weighted by molar-refractivity contribution is 7.99. The zero-order valence-corrected chi connectivity index (χ0v) is 13.1. The van der Waals surface area contributed by atoms with Gasteiger partial charge in [0, 0.05) is 11.4 Å². The van der Waals surface area contributed by atoms with Crippen molar-refractivity contribution >= 4 is 45.1 Å². The second kappa shape index (κ2) is 6.15. The number of hydrogen-bond acceptors (Lipinski definition) is 7. The number of nitrogens with zero attached hydrogens (tertiary/aromatic N) is 2. The Morgan fingerprint density at radius 2 is 2.15 bits per heavy atom. The number of hydrazine groups is 1. The first-order chi connectivity index (χ1) is 9.76. The van der Waals surface area contributed by atoms with Crippen LogP contribution in [0.1, 0.15) is 17.7 Å². The molecule has 1 saturated heterocycles. The van der Waals surface area contributed by atoms with E-state index in [9.17, 15) is 0 Å². The molecular weight excluding hydrogens is 290 g/mol. The summed E-state index contributed by atoms with van der Waals surface area (Å²) in [5, 5.41) is 4.59. The van der Waals surface area contributed by atoms with Gasteiger partial charge in [0.15, 0.2) is 0 Å². The average Bonchev–Trinajstić information content (AvgIpc) is 2.86. The second-order valence-electron chi connectivity index (χ2n) is 5.05. The van der Waals surface area contributed by atoms with Gasteiger partial charge in [0.25, 0.3) is 0 Å². The van der Waals surface area contributed by atoms with Crippen molar-refractivity contribution in [3.8, 4) is 0 Å². The van der Waals surface area contributed by atoms with E-state index < -0.39 is 0 Å². The van der Waals surface area contributed by atoms with E-state index in [1.54, 1.807) is 11.3 Å². The third-order valence-corrected chi connectivity index (χ3v) is 5.54. The lowest BCUT2D eigenvalue weighted by atomic mass is 10.0. The predicted molar refractivity (Wildman–Crippen MR) is 88.5 cm³/mol. The molecule has 20 heavy (non-hydrogen) atoms. The summed E-state index contributed by atoms with van der Waals surface area (Å²) in [6.45, 7) is 3.07. The molecule has 3 heterocycles. The summed E-state index contributed by atoms with van der Waals surface area (Å²) < 4.78 is 0. The molecule has 0 aromatic carbocycles. The second-order valence-corrected chi connectivity index (χ2v) is 7.51. The van der Waals surface area contributed by atoms with Gasteiger partial charge in [-0.25, -0.2) is 10.8 Å². The summed E-state index contributed by atoms with van der Waals surface area (Å²) in [5.74, 6) is 10.1. The number of hydrogen-bond donors (Lipinski definition) is 3. The van der Waals surface area contributed by atoms with E-state index in [1.165, 1.54) is 29.2 Å². The number of fused-ring (bicyclic) bond motifs is 1.